The zero-order chi connectivity index (χ0) is 24.5. The first-order valence-electron chi connectivity index (χ1n) is 11.3. The molecule has 1 saturated carbocycles. The highest BCUT2D eigenvalue weighted by Crippen LogP contribution is 2.48. The fourth-order valence-electron chi connectivity index (χ4n) is 4.58. The van der Waals surface area contributed by atoms with E-state index in [0.29, 0.717) is 10.6 Å². The molecule has 0 aliphatic heterocycles. The van der Waals surface area contributed by atoms with Crippen LogP contribution in [0, 0.1) is 11.7 Å². The van der Waals surface area contributed by atoms with E-state index in [4.69, 9.17) is 21.1 Å². The molecule has 1 aliphatic carbocycles. The Labute approximate surface area is 206 Å². The van der Waals surface area contributed by atoms with E-state index in [0.717, 1.165) is 64.1 Å². The SMILES string of the molecule is O=C(O)C=Cc1ccc(/C(=C(\c2ccc(F)cc2Cl)C2CCC2)c2coc3c(O)cccc23)cc1. The number of hydrogen-bond donors (Lipinski definition) is 2. The maximum Gasteiger partial charge on any atom is 0.328 e. The van der Waals surface area contributed by atoms with Gasteiger partial charge in [-0.1, -0.05) is 60.5 Å². The number of aliphatic carboxylic acids is 1. The molecule has 0 spiro atoms. The summed E-state index contributed by atoms with van der Waals surface area (Å²) >= 11 is 6.58. The van der Waals surface area contributed by atoms with Crippen LogP contribution in [0.25, 0.3) is 28.2 Å². The number of furan rings is 1. The third-order valence-corrected chi connectivity index (χ3v) is 6.78. The van der Waals surface area contributed by atoms with Crippen molar-refractivity contribution in [2.24, 2.45) is 5.92 Å². The number of carboxylic acid groups (broad SMARTS) is 1. The second kappa shape index (κ2) is 9.43. The molecule has 0 atom stereocenters. The summed E-state index contributed by atoms with van der Waals surface area (Å²) in [5.41, 5.74) is 5.46. The molecular formula is C29H22ClFO4. The molecule has 5 rings (SSSR count). The maximum atomic E-state index is 13.9. The molecule has 0 saturated heterocycles. The molecule has 35 heavy (non-hydrogen) atoms. The number of phenols is 1. The van der Waals surface area contributed by atoms with Crippen molar-refractivity contribution in [3.8, 4) is 5.75 Å². The van der Waals surface area contributed by atoms with Gasteiger partial charge in [0.1, 0.15) is 5.82 Å². The van der Waals surface area contributed by atoms with Gasteiger partial charge in [0.2, 0.25) is 0 Å². The zero-order valence-corrected chi connectivity index (χ0v) is 19.4. The lowest BCUT2D eigenvalue weighted by atomic mass is 9.73. The molecule has 1 heterocycles. The highest BCUT2D eigenvalue weighted by Gasteiger charge is 2.30. The highest BCUT2D eigenvalue weighted by molar-refractivity contribution is 6.33. The number of allylic oxidation sites excluding steroid dienone is 1. The number of hydrogen-bond acceptors (Lipinski definition) is 3. The van der Waals surface area contributed by atoms with Crippen LogP contribution in [0.2, 0.25) is 5.02 Å². The Kier molecular flexibility index (Phi) is 6.18. The first-order valence-corrected chi connectivity index (χ1v) is 11.7. The van der Waals surface area contributed by atoms with Crippen LogP contribution in [0.1, 0.15) is 41.5 Å². The molecule has 4 aromatic rings. The highest BCUT2D eigenvalue weighted by atomic mass is 35.5. The van der Waals surface area contributed by atoms with Crippen molar-refractivity contribution in [3.05, 3.63) is 106 Å². The molecule has 2 N–H and O–H groups in total. The normalized spacial score (nSPS) is 14.8. The number of phenolic OH excluding ortho intramolecular Hbond substituents is 1. The minimum absolute atomic E-state index is 0.0484. The predicted molar refractivity (Wildman–Crippen MR) is 136 cm³/mol. The Morgan fingerprint density at radius 3 is 2.49 bits per heavy atom. The topological polar surface area (TPSA) is 70.7 Å². The smallest absolute Gasteiger partial charge is 0.328 e. The van der Waals surface area contributed by atoms with Gasteiger partial charge in [0.05, 0.1) is 11.3 Å². The molecular weight excluding hydrogens is 467 g/mol. The molecule has 3 aromatic carbocycles. The Morgan fingerprint density at radius 1 is 1.06 bits per heavy atom. The van der Waals surface area contributed by atoms with E-state index in [2.05, 4.69) is 0 Å². The number of rotatable bonds is 6. The maximum absolute atomic E-state index is 13.9. The van der Waals surface area contributed by atoms with Crippen LogP contribution in [-0.4, -0.2) is 16.2 Å². The second-order valence-corrected chi connectivity index (χ2v) is 9.04. The van der Waals surface area contributed by atoms with E-state index in [1.165, 1.54) is 18.2 Å². The van der Waals surface area contributed by atoms with Crippen LogP contribution in [-0.2, 0) is 4.79 Å². The summed E-state index contributed by atoms with van der Waals surface area (Å²) in [5.74, 6) is -1.15. The Morgan fingerprint density at radius 2 is 1.83 bits per heavy atom. The van der Waals surface area contributed by atoms with Crippen LogP contribution in [0.3, 0.4) is 0 Å². The lowest BCUT2D eigenvalue weighted by molar-refractivity contribution is -0.131. The average Bonchev–Trinajstić information content (AvgIpc) is 3.22. The van der Waals surface area contributed by atoms with Gasteiger partial charge in [0.15, 0.2) is 11.3 Å². The Hall–Kier alpha value is -3.83. The van der Waals surface area contributed by atoms with Crippen LogP contribution in [0.5, 0.6) is 5.75 Å². The van der Waals surface area contributed by atoms with Gasteiger partial charge >= 0.3 is 5.97 Å². The summed E-state index contributed by atoms with van der Waals surface area (Å²) in [6.07, 6.45) is 7.31. The summed E-state index contributed by atoms with van der Waals surface area (Å²) in [4.78, 5) is 10.9. The fraction of sp³-hybridized carbons (Fsp3) is 0.138. The first-order chi connectivity index (χ1) is 16.9. The van der Waals surface area contributed by atoms with Gasteiger partial charge in [-0.05, 0) is 70.9 Å². The molecule has 1 aromatic heterocycles. The average molecular weight is 489 g/mol. The van der Waals surface area contributed by atoms with Gasteiger partial charge in [0, 0.05) is 17.0 Å². The lowest BCUT2D eigenvalue weighted by Crippen LogP contribution is -2.15. The number of carbonyl (C=O) groups is 1. The third-order valence-electron chi connectivity index (χ3n) is 6.47. The minimum Gasteiger partial charge on any atom is -0.504 e. The number of fused-ring (bicyclic) bond motifs is 1. The van der Waals surface area contributed by atoms with E-state index >= 15 is 0 Å². The molecule has 0 unspecified atom stereocenters. The zero-order valence-electron chi connectivity index (χ0n) is 18.7. The third kappa shape index (κ3) is 4.47. The van der Waals surface area contributed by atoms with Crippen molar-refractivity contribution in [2.75, 3.05) is 0 Å². The van der Waals surface area contributed by atoms with Gasteiger partial charge < -0.3 is 14.6 Å². The van der Waals surface area contributed by atoms with E-state index in [1.807, 2.05) is 30.3 Å². The molecule has 1 fully saturated rings. The van der Waals surface area contributed by atoms with E-state index in [-0.39, 0.29) is 11.7 Å². The molecule has 0 bridgehead atoms. The van der Waals surface area contributed by atoms with E-state index in [1.54, 1.807) is 24.5 Å². The van der Waals surface area contributed by atoms with Gasteiger partial charge in [-0.3, -0.25) is 0 Å². The quantitative estimate of drug-likeness (QED) is 0.214. The molecule has 0 amide bonds. The van der Waals surface area contributed by atoms with E-state index in [9.17, 15) is 14.3 Å². The molecule has 4 nitrogen and oxygen atoms in total. The molecule has 6 heteroatoms. The summed E-state index contributed by atoms with van der Waals surface area (Å²) in [5, 5.41) is 20.4. The lowest BCUT2D eigenvalue weighted by Gasteiger charge is -2.32. The first kappa shape index (κ1) is 22.9. The number of para-hydroxylation sites is 1. The Balaban J connectivity index is 1.79. The van der Waals surface area contributed by atoms with Gasteiger partial charge in [-0.15, -0.1) is 0 Å². The standard InChI is InChI=1S/C29H22ClFO4/c30-24-15-20(31)12-13-22(24)27(18-3-1-4-18)28(19-10-7-17(8-11-19)9-14-26(33)34)23-16-35-29-21(23)5-2-6-25(29)32/h2,5-16,18,32H,1,3-4H2,(H,33,34)/b14-9?,28-27+. The largest absolute Gasteiger partial charge is 0.504 e. The van der Waals surface area contributed by atoms with Gasteiger partial charge in [0.25, 0.3) is 0 Å². The summed E-state index contributed by atoms with van der Waals surface area (Å²) in [6.45, 7) is 0. The van der Waals surface area contributed by atoms with Crippen molar-refractivity contribution < 1.29 is 23.8 Å². The van der Waals surface area contributed by atoms with Crippen molar-refractivity contribution in [1.29, 1.82) is 0 Å². The van der Waals surface area contributed by atoms with Gasteiger partial charge in [-0.25, -0.2) is 9.18 Å². The summed E-state index contributed by atoms with van der Waals surface area (Å²) < 4.78 is 19.7. The van der Waals surface area contributed by atoms with Crippen LogP contribution < -0.4 is 0 Å². The Bertz CT molecular complexity index is 1480. The second-order valence-electron chi connectivity index (χ2n) is 8.64. The van der Waals surface area contributed by atoms with Gasteiger partial charge in [-0.2, -0.15) is 0 Å². The van der Waals surface area contributed by atoms with Crippen LogP contribution in [0.15, 0.2) is 77.4 Å². The van der Waals surface area contributed by atoms with Crippen molar-refractivity contribution in [2.45, 2.75) is 19.3 Å². The number of benzene rings is 3. The van der Waals surface area contributed by atoms with Crippen molar-refractivity contribution in [3.63, 3.8) is 0 Å². The number of aromatic hydroxyl groups is 1. The van der Waals surface area contributed by atoms with Crippen LogP contribution in [0.4, 0.5) is 4.39 Å². The van der Waals surface area contributed by atoms with Crippen molar-refractivity contribution in [1.82, 2.24) is 0 Å². The van der Waals surface area contributed by atoms with Crippen LogP contribution >= 0.6 is 11.6 Å². The summed E-state index contributed by atoms with van der Waals surface area (Å²) in [7, 11) is 0. The number of halogens is 2. The van der Waals surface area contributed by atoms with Crippen molar-refractivity contribution >= 4 is 45.8 Å². The molecule has 176 valence electrons. The van der Waals surface area contributed by atoms with E-state index < -0.39 is 11.8 Å². The predicted octanol–water partition coefficient (Wildman–Crippen LogP) is 7.79. The molecule has 1 aliphatic rings. The minimum atomic E-state index is -1.02. The fourth-order valence-corrected chi connectivity index (χ4v) is 4.85. The summed E-state index contributed by atoms with van der Waals surface area (Å²) in [6, 6.07) is 17.2. The number of carboxylic acids is 1. The molecule has 0 radical (unpaired) electrons. The monoisotopic (exact) mass is 488 g/mol.